The fourth-order valence-corrected chi connectivity index (χ4v) is 1.29. The van der Waals surface area contributed by atoms with Crippen LogP contribution in [0, 0.1) is 23.3 Å². The van der Waals surface area contributed by atoms with Crippen LogP contribution in [0.25, 0.3) is 10.8 Å². The minimum Gasteiger partial charge on any atom is -0.206 e. The first-order chi connectivity index (χ1) is 6.61. The smallest absolute Gasteiger partial charge is 0.195 e. The van der Waals surface area contributed by atoms with E-state index < -0.39 is 23.3 Å². The molecule has 0 saturated carbocycles. The average molecular weight is 200 g/mol. The quantitative estimate of drug-likeness (QED) is 0.451. The molecular weight excluding hydrogens is 196 g/mol. The molecule has 0 atom stereocenters. The summed E-state index contributed by atoms with van der Waals surface area (Å²) in [4.78, 5) is 0. The fraction of sp³-hybridized carbons (Fsp3) is 0. The van der Waals surface area contributed by atoms with Crippen molar-refractivity contribution >= 4 is 10.8 Å². The first-order valence-electron chi connectivity index (χ1n) is 3.83. The molecule has 0 fully saturated rings. The molecule has 0 amide bonds. The van der Waals surface area contributed by atoms with Gasteiger partial charge < -0.3 is 0 Å². The Labute approximate surface area is 76.8 Å². The van der Waals surface area contributed by atoms with Crippen molar-refractivity contribution < 1.29 is 17.6 Å². The molecule has 0 heterocycles. The second-order valence-electron chi connectivity index (χ2n) is 2.82. The van der Waals surface area contributed by atoms with Crippen LogP contribution in [0.2, 0.25) is 0 Å². The highest BCUT2D eigenvalue weighted by molar-refractivity contribution is 5.83. The standard InChI is InChI=1S/C10H4F4/c11-7-3-1-2-5-6(7)4-8(12)10(14)9(5)13/h1-4H. The van der Waals surface area contributed by atoms with Crippen molar-refractivity contribution in [1.29, 1.82) is 0 Å². The SMILES string of the molecule is Fc1cc2c(F)cccc2c(F)c1F. The van der Waals surface area contributed by atoms with Gasteiger partial charge in [0.05, 0.1) is 0 Å². The molecule has 0 nitrogen and oxygen atoms in total. The van der Waals surface area contributed by atoms with E-state index in [0.717, 1.165) is 6.07 Å². The van der Waals surface area contributed by atoms with E-state index in [1.807, 2.05) is 0 Å². The van der Waals surface area contributed by atoms with Gasteiger partial charge in [-0.05, 0) is 12.1 Å². The van der Waals surface area contributed by atoms with Gasteiger partial charge in [0.1, 0.15) is 5.82 Å². The Bertz CT molecular complexity index is 505. The maximum Gasteiger partial charge on any atom is 0.195 e. The number of hydrogen-bond acceptors (Lipinski definition) is 0. The van der Waals surface area contributed by atoms with Crippen LogP contribution in [-0.2, 0) is 0 Å². The minimum absolute atomic E-state index is 0.260. The van der Waals surface area contributed by atoms with Gasteiger partial charge >= 0.3 is 0 Å². The van der Waals surface area contributed by atoms with Crippen molar-refractivity contribution in [3.63, 3.8) is 0 Å². The molecule has 0 saturated heterocycles. The summed E-state index contributed by atoms with van der Waals surface area (Å²) in [6.07, 6.45) is 0. The second-order valence-corrected chi connectivity index (χ2v) is 2.82. The van der Waals surface area contributed by atoms with Gasteiger partial charge in [-0.25, -0.2) is 17.6 Å². The maximum absolute atomic E-state index is 13.1. The number of fused-ring (bicyclic) bond motifs is 1. The molecule has 0 radical (unpaired) electrons. The summed E-state index contributed by atoms with van der Waals surface area (Å²) in [6, 6.07) is 4.12. The van der Waals surface area contributed by atoms with Crippen molar-refractivity contribution in [1.82, 2.24) is 0 Å². The molecule has 0 aliphatic carbocycles. The molecule has 2 rings (SSSR count). The topological polar surface area (TPSA) is 0 Å². The van der Waals surface area contributed by atoms with Gasteiger partial charge in [-0.1, -0.05) is 12.1 Å². The van der Waals surface area contributed by atoms with Crippen LogP contribution in [0.4, 0.5) is 17.6 Å². The van der Waals surface area contributed by atoms with Crippen molar-refractivity contribution in [3.05, 3.63) is 47.5 Å². The molecule has 0 aliphatic rings. The number of benzene rings is 2. The summed E-state index contributed by atoms with van der Waals surface area (Å²) >= 11 is 0. The molecule has 72 valence electrons. The van der Waals surface area contributed by atoms with Crippen molar-refractivity contribution in [3.8, 4) is 0 Å². The molecule has 0 unspecified atom stereocenters. The largest absolute Gasteiger partial charge is 0.206 e. The Morgan fingerprint density at radius 3 is 2.14 bits per heavy atom. The fourth-order valence-electron chi connectivity index (χ4n) is 1.29. The molecule has 4 heteroatoms. The summed E-state index contributed by atoms with van der Waals surface area (Å²) in [5, 5.41) is -0.521. The molecule has 0 bridgehead atoms. The lowest BCUT2D eigenvalue weighted by molar-refractivity contribution is 0.453. The Morgan fingerprint density at radius 2 is 1.43 bits per heavy atom. The van der Waals surface area contributed by atoms with E-state index in [-0.39, 0.29) is 10.8 Å². The van der Waals surface area contributed by atoms with E-state index in [9.17, 15) is 17.6 Å². The van der Waals surface area contributed by atoms with Crippen LogP contribution < -0.4 is 0 Å². The van der Waals surface area contributed by atoms with E-state index in [0.29, 0.717) is 6.07 Å². The second kappa shape index (κ2) is 2.97. The van der Waals surface area contributed by atoms with Crippen LogP contribution >= 0.6 is 0 Å². The Balaban J connectivity index is 2.98. The highest BCUT2D eigenvalue weighted by atomic mass is 19.2. The zero-order chi connectivity index (χ0) is 10.3. The zero-order valence-electron chi connectivity index (χ0n) is 6.82. The Hall–Kier alpha value is -1.58. The number of hydrogen-bond donors (Lipinski definition) is 0. The van der Waals surface area contributed by atoms with E-state index >= 15 is 0 Å². The zero-order valence-corrected chi connectivity index (χ0v) is 6.82. The molecule has 2 aromatic carbocycles. The number of halogens is 4. The van der Waals surface area contributed by atoms with Crippen LogP contribution in [0.5, 0.6) is 0 Å². The predicted molar refractivity (Wildman–Crippen MR) is 43.8 cm³/mol. The van der Waals surface area contributed by atoms with E-state index in [2.05, 4.69) is 0 Å². The molecule has 0 spiro atoms. The Kier molecular flexibility index (Phi) is 1.91. The van der Waals surface area contributed by atoms with Crippen molar-refractivity contribution in [2.24, 2.45) is 0 Å². The molecular formula is C10H4F4. The van der Waals surface area contributed by atoms with E-state index in [1.165, 1.54) is 12.1 Å². The van der Waals surface area contributed by atoms with Gasteiger partial charge in [-0.15, -0.1) is 0 Å². The Morgan fingerprint density at radius 1 is 0.714 bits per heavy atom. The van der Waals surface area contributed by atoms with Gasteiger partial charge in [-0.3, -0.25) is 0 Å². The van der Waals surface area contributed by atoms with Crippen LogP contribution in [0.1, 0.15) is 0 Å². The van der Waals surface area contributed by atoms with Crippen LogP contribution in [0.3, 0.4) is 0 Å². The molecule has 0 aromatic heterocycles. The van der Waals surface area contributed by atoms with Crippen molar-refractivity contribution in [2.45, 2.75) is 0 Å². The van der Waals surface area contributed by atoms with Crippen molar-refractivity contribution in [2.75, 3.05) is 0 Å². The normalized spacial score (nSPS) is 10.9. The summed E-state index contributed by atoms with van der Waals surface area (Å²) in [5.74, 6) is -5.11. The van der Waals surface area contributed by atoms with Gasteiger partial charge in [-0.2, -0.15) is 0 Å². The summed E-state index contributed by atoms with van der Waals surface area (Å²) in [5.41, 5.74) is 0. The minimum atomic E-state index is -1.58. The van der Waals surface area contributed by atoms with Crippen LogP contribution in [0.15, 0.2) is 24.3 Å². The summed E-state index contributed by atoms with van der Waals surface area (Å²) < 4.78 is 51.5. The molecule has 2 aromatic rings. The summed E-state index contributed by atoms with van der Waals surface area (Å²) in [6.45, 7) is 0. The lowest BCUT2D eigenvalue weighted by Crippen LogP contribution is -1.93. The van der Waals surface area contributed by atoms with E-state index in [4.69, 9.17) is 0 Å². The highest BCUT2D eigenvalue weighted by Gasteiger charge is 2.14. The lowest BCUT2D eigenvalue weighted by Gasteiger charge is -2.02. The average Bonchev–Trinajstić information content (AvgIpc) is 2.17. The summed E-state index contributed by atoms with van der Waals surface area (Å²) in [7, 11) is 0. The molecule has 14 heavy (non-hydrogen) atoms. The molecule has 0 aliphatic heterocycles. The van der Waals surface area contributed by atoms with Gasteiger partial charge in [0.2, 0.25) is 0 Å². The van der Waals surface area contributed by atoms with Gasteiger partial charge in [0, 0.05) is 10.8 Å². The predicted octanol–water partition coefficient (Wildman–Crippen LogP) is 3.40. The third-order valence-electron chi connectivity index (χ3n) is 1.96. The van der Waals surface area contributed by atoms with Gasteiger partial charge in [0.25, 0.3) is 0 Å². The monoisotopic (exact) mass is 200 g/mol. The number of rotatable bonds is 0. The molecule has 0 N–H and O–H groups in total. The third kappa shape index (κ3) is 1.14. The first-order valence-corrected chi connectivity index (χ1v) is 3.83. The highest BCUT2D eigenvalue weighted by Crippen LogP contribution is 2.24. The van der Waals surface area contributed by atoms with Crippen LogP contribution in [-0.4, -0.2) is 0 Å². The van der Waals surface area contributed by atoms with E-state index in [1.54, 1.807) is 0 Å². The third-order valence-corrected chi connectivity index (χ3v) is 1.96. The lowest BCUT2D eigenvalue weighted by atomic mass is 10.1. The first kappa shape index (κ1) is 8.99. The maximum atomic E-state index is 13.1. The van der Waals surface area contributed by atoms with Gasteiger partial charge in [0.15, 0.2) is 17.5 Å².